The summed E-state index contributed by atoms with van der Waals surface area (Å²) in [4.78, 5) is 12.9. The molecule has 1 fully saturated rings. The molecule has 19 heavy (non-hydrogen) atoms. The standard InChI is InChI=1S/C11H15F3N4O/c1-6(7-2-3-7)18(5-11(12,13)14)10(19)8-4-9(15)17-16-8/h4,6-7H,2-3,5H2,1H3,(H3,15,16,17). The minimum Gasteiger partial charge on any atom is -0.382 e. The summed E-state index contributed by atoms with van der Waals surface area (Å²) in [7, 11) is 0. The van der Waals surface area contributed by atoms with Crippen LogP contribution in [0.4, 0.5) is 19.0 Å². The van der Waals surface area contributed by atoms with Crippen molar-refractivity contribution in [3.05, 3.63) is 11.8 Å². The molecule has 1 aromatic heterocycles. The molecule has 0 spiro atoms. The molecule has 0 saturated heterocycles. The monoisotopic (exact) mass is 276 g/mol. The van der Waals surface area contributed by atoms with Gasteiger partial charge in [0.25, 0.3) is 5.91 Å². The summed E-state index contributed by atoms with van der Waals surface area (Å²) >= 11 is 0. The smallest absolute Gasteiger partial charge is 0.382 e. The highest BCUT2D eigenvalue weighted by Gasteiger charge is 2.41. The summed E-state index contributed by atoms with van der Waals surface area (Å²) in [6.45, 7) is 0.378. The summed E-state index contributed by atoms with van der Waals surface area (Å²) in [5.74, 6) is -0.498. The molecule has 0 aromatic carbocycles. The normalized spacial score (nSPS) is 17.3. The molecule has 106 valence electrons. The highest BCUT2D eigenvalue weighted by Crippen LogP contribution is 2.36. The molecule has 2 rings (SSSR count). The second-order valence-electron chi connectivity index (χ2n) is 4.83. The van der Waals surface area contributed by atoms with E-state index in [-0.39, 0.29) is 17.4 Å². The summed E-state index contributed by atoms with van der Waals surface area (Å²) in [6.07, 6.45) is -2.72. The van der Waals surface area contributed by atoms with Crippen LogP contribution >= 0.6 is 0 Å². The lowest BCUT2D eigenvalue weighted by molar-refractivity contribution is -0.144. The quantitative estimate of drug-likeness (QED) is 0.880. The van der Waals surface area contributed by atoms with E-state index in [1.165, 1.54) is 6.07 Å². The van der Waals surface area contributed by atoms with Crippen LogP contribution in [0.15, 0.2) is 6.07 Å². The Labute approximate surface area is 108 Å². The Balaban J connectivity index is 2.18. The number of halogens is 3. The molecule has 0 bridgehead atoms. The number of carbonyl (C=O) groups excluding carboxylic acids is 1. The van der Waals surface area contributed by atoms with Gasteiger partial charge in [0.2, 0.25) is 0 Å². The molecule has 5 nitrogen and oxygen atoms in total. The average molecular weight is 276 g/mol. The minimum absolute atomic E-state index is 0.0192. The number of aromatic nitrogens is 2. The van der Waals surface area contributed by atoms with Gasteiger partial charge in [-0.05, 0) is 25.7 Å². The molecular formula is C11H15F3N4O. The zero-order valence-electron chi connectivity index (χ0n) is 10.4. The molecule has 1 aliphatic carbocycles. The number of nitrogen functional groups attached to an aromatic ring is 1. The van der Waals surface area contributed by atoms with E-state index in [0.717, 1.165) is 17.7 Å². The maximum absolute atomic E-state index is 12.6. The highest BCUT2D eigenvalue weighted by molar-refractivity contribution is 5.93. The van der Waals surface area contributed by atoms with E-state index in [0.29, 0.717) is 0 Å². The van der Waals surface area contributed by atoms with E-state index in [9.17, 15) is 18.0 Å². The summed E-state index contributed by atoms with van der Waals surface area (Å²) in [5.41, 5.74) is 5.34. The molecule has 1 unspecified atom stereocenters. The number of nitrogens with zero attached hydrogens (tertiary/aromatic N) is 2. The number of aromatic amines is 1. The Kier molecular flexibility index (Phi) is 3.42. The molecule has 1 saturated carbocycles. The van der Waals surface area contributed by atoms with E-state index in [2.05, 4.69) is 10.2 Å². The molecule has 3 N–H and O–H groups in total. The SMILES string of the molecule is CC(C1CC1)N(CC(F)(F)F)C(=O)c1cc(N)n[nH]1. The third kappa shape index (κ3) is 3.39. The highest BCUT2D eigenvalue weighted by atomic mass is 19.4. The van der Waals surface area contributed by atoms with Gasteiger partial charge in [-0.1, -0.05) is 0 Å². The zero-order chi connectivity index (χ0) is 14.2. The number of amides is 1. The van der Waals surface area contributed by atoms with Gasteiger partial charge in [-0.15, -0.1) is 0 Å². The molecule has 8 heteroatoms. The fourth-order valence-corrected chi connectivity index (χ4v) is 2.03. The molecule has 0 aliphatic heterocycles. The van der Waals surface area contributed by atoms with Crippen molar-refractivity contribution in [1.29, 1.82) is 0 Å². The van der Waals surface area contributed by atoms with Crippen LogP contribution in [0.1, 0.15) is 30.3 Å². The Morgan fingerprint density at radius 3 is 2.68 bits per heavy atom. The van der Waals surface area contributed by atoms with Crippen molar-refractivity contribution in [2.24, 2.45) is 5.92 Å². The zero-order valence-corrected chi connectivity index (χ0v) is 10.4. The van der Waals surface area contributed by atoms with Crippen molar-refractivity contribution < 1.29 is 18.0 Å². The largest absolute Gasteiger partial charge is 0.406 e. The van der Waals surface area contributed by atoms with Gasteiger partial charge in [0.05, 0.1) is 0 Å². The first-order valence-corrected chi connectivity index (χ1v) is 5.96. The number of alkyl halides is 3. The molecule has 1 heterocycles. The first-order valence-electron chi connectivity index (χ1n) is 5.96. The van der Waals surface area contributed by atoms with Crippen LogP contribution in [0.3, 0.4) is 0 Å². The predicted molar refractivity (Wildman–Crippen MR) is 62.3 cm³/mol. The number of anilines is 1. The van der Waals surface area contributed by atoms with Gasteiger partial charge in [0, 0.05) is 12.1 Å². The van der Waals surface area contributed by atoms with E-state index in [4.69, 9.17) is 5.73 Å². The van der Waals surface area contributed by atoms with Gasteiger partial charge >= 0.3 is 6.18 Å². The number of H-pyrrole nitrogens is 1. The first kappa shape index (κ1) is 13.7. The maximum atomic E-state index is 12.6. The lowest BCUT2D eigenvalue weighted by atomic mass is 10.1. The molecule has 0 radical (unpaired) electrons. The van der Waals surface area contributed by atoms with E-state index >= 15 is 0 Å². The molecular weight excluding hydrogens is 261 g/mol. The van der Waals surface area contributed by atoms with Crippen LogP contribution in [0.5, 0.6) is 0 Å². The van der Waals surface area contributed by atoms with Crippen LogP contribution in [0.2, 0.25) is 0 Å². The van der Waals surface area contributed by atoms with Crippen LogP contribution in [-0.2, 0) is 0 Å². The van der Waals surface area contributed by atoms with Crippen molar-refractivity contribution in [1.82, 2.24) is 15.1 Å². The van der Waals surface area contributed by atoms with Gasteiger partial charge in [0.15, 0.2) is 0 Å². The third-order valence-corrected chi connectivity index (χ3v) is 3.23. The third-order valence-electron chi connectivity index (χ3n) is 3.23. The van der Waals surface area contributed by atoms with Gasteiger partial charge < -0.3 is 10.6 Å². The van der Waals surface area contributed by atoms with Crippen LogP contribution < -0.4 is 5.73 Å². The lowest BCUT2D eigenvalue weighted by Gasteiger charge is -2.29. The number of hydrogen-bond acceptors (Lipinski definition) is 3. The summed E-state index contributed by atoms with van der Waals surface area (Å²) in [5, 5.41) is 5.91. The first-order chi connectivity index (χ1) is 8.78. The number of hydrogen-bond donors (Lipinski definition) is 2. The Bertz CT molecular complexity index is 467. The second-order valence-corrected chi connectivity index (χ2v) is 4.83. The summed E-state index contributed by atoms with van der Waals surface area (Å²) in [6, 6.07) is 0.796. The van der Waals surface area contributed by atoms with Gasteiger partial charge in [-0.2, -0.15) is 18.3 Å². The minimum atomic E-state index is -4.43. The summed E-state index contributed by atoms with van der Waals surface area (Å²) < 4.78 is 37.8. The number of rotatable bonds is 4. The van der Waals surface area contributed by atoms with Crippen molar-refractivity contribution in [2.45, 2.75) is 32.0 Å². The number of nitrogens with two attached hydrogens (primary N) is 1. The predicted octanol–water partition coefficient (Wildman–Crippen LogP) is 1.79. The topological polar surface area (TPSA) is 75.0 Å². The molecule has 1 aromatic rings. The van der Waals surface area contributed by atoms with Crippen LogP contribution in [0.25, 0.3) is 0 Å². The second kappa shape index (κ2) is 4.75. The average Bonchev–Trinajstić information content (AvgIpc) is 3.06. The molecule has 1 aliphatic rings. The Morgan fingerprint density at radius 2 is 2.26 bits per heavy atom. The van der Waals surface area contributed by atoms with Crippen LogP contribution in [-0.4, -0.2) is 39.8 Å². The fourth-order valence-electron chi connectivity index (χ4n) is 2.03. The number of nitrogens with one attached hydrogen (secondary N) is 1. The van der Waals surface area contributed by atoms with E-state index < -0.39 is 24.7 Å². The number of carbonyl (C=O) groups is 1. The van der Waals surface area contributed by atoms with Crippen LogP contribution in [0, 0.1) is 5.92 Å². The maximum Gasteiger partial charge on any atom is 0.406 e. The molecule has 1 amide bonds. The van der Waals surface area contributed by atoms with Crippen molar-refractivity contribution >= 4 is 11.7 Å². The lowest BCUT2D eigenvalue weighted by Crippen LogP contribution is -2.45. The van der Waals surface area contributed by atoms with Gasteiger partial charge in [-0.3, -0.25) is 9.89 Å². The van der Waals surface area contributed by atoms with Gasteiger partial charge in [0.1, 0.15) is 18.1 Å². The van der Waals surface area contributed by atoms with E-state index in [1.54, 1.807) is 6.92 Å². The Hall–Kier alpha value is -1.73. The van der Waals surface area contributed by atoms with Crippen molar-refractivity contribution in [3.63, 3.8) is 0 Å². The van der Waals surface area contributed by atoms with Gasteiger partial charge in [-0.25, -0.2) is 0 Å². The van der Waals surface area contributed by atoms with Crippen molar-refractivity contribution in [3.8, 4) is 0 Å². The van der Waals surface area contributed by atoms with E-state index in [1.807, 2.05) is 0 Å². The van der Waals surface area contributed by atoms with Crippen molar-refractivity contribution in [2.75, 3.05) is 12.3 Å². The fraction of sp³-hybridized carbons (Fsp3) is 0.636. The Morgan fingerprint density at radius 1 is 1.63 bits per heavy atom. The molecule has 1 atom stereocenters.